The van der Waals surface area contributed by atoms with Crippen LogP contribution in [0.15, 0.2) is 6.07 Å². The van der Waals surface area contributed by atoms with E-state index < -0.39 is 0 Å². The van der Waals surface area contributed by atoms with E-state index in [1.54, 1.807) is 0 Å². The van der Waals surface area contributed by atoms with Crippen molar-refractivity contribution < 1.29 is 0 Å². The summed E-state index contributed by atoms with van der Waals surface area (Å²) in [6, 6.07) is 2.12. The van der Waals surface area contributed by atoms with E-state index in [1.165, 1.54) is 5.69 Å². The van der Waals surface area contributed by atoms with Gasteiger partial charge in [0.2, 0.25) is 0 Å². The van der Waals surface area contributed by atoms with E-state index in [0.717, 1.165) is 25.3 Å². The van der Waals surface area contributed by atoms with Gasteiger partial charge >= 0.3 is 0 Å². The predicted octanol–water partition coefficient (Wildman–Crippen LogP) is 0.509. The first-order valence-electron chi connectivity index (χ1n) is 5.09. The molecule has 0 saturated carbocycles. The molecule has 1 aromatic heterocycles. The Bertz CT molecular complexity index is 280. The average molecular weight is 196 g/mol. The molecule has 0 fully saturated rings. The van der Waals surface area contributed by atoms with Crippen LogP contribution in [0.25, 0.3) is 0 Å². The van der Waals surface area contributed by atoms with Gasteiger partial charge in [0, 0.05) is 26.7 Å². The standard InChI is InChI=1S/C10H20N4/c1-4-14(6-5-11)8-10-7-9(2)12-13(10)3/h7H,4-6,8,11H2,1-3H3. The molecule has 0 saturated heterocycles. The smallest absolute Gasteiger partial charge is 0.0597 e. The number of likely N-dealkylation sites (N-methyl/N-ethyl adjacent to an activating group) is 1. The Kier molecular flexibility index (Phi) is 4.10. The molecule has 0 atom stereocenters. The maximum absolute atomic E-state index is 5.54. The molecule has 0 aromatic carbocycles. The third-order valence-corrected chi connectivity index (χ3v) is 2.38. The number of hydrogen-bond acceptors (Lipinski definition) is 3. The summed E-state index contributed by atoms with van der Waals surface area (Å²) in [5, 5.41) is 4.32. The van der Waals surface area contributed by atoms with Gasteiger partial charge in [0.15, 0.2) is 0 Å². The van der Waals surface area contributed by atoms with Gasteiger partial charge in [-0.05, 0) is 19.5 Å². The zero-order valence-electron chi connectivity index (χ0n) is 9.32. The number of aromatic nitrogens is 2. The summed E-state index contributed by atoms with van der Waals surface area (Å²) in [4.78, 5) is 2.32. The molecule has 0 bridgehead atoms. The van der Waals surface area contributed by atoms with Gasteiger partial charge in [-0.25, -0.2) is 0 Å². The SMILES string of the molecule is CCN(CCN)Cc1cc(C)nn1C. The van der Waals surface area contributed by atoms with Gasteiger partial charge in [0.25, 0.3) is 0 Å². The molecule has 1 heterocycles. The van der Waals surface area contributed by atoms with Crippen molar-refractivity contribution in [1.82, 2.24) is 14.7 Å². The van der Waals surface area contributed by atoms with Crippen molar-refractivity contribution in [1.29, 1.82) is 0 Å². The lowest BCUT2D eigenvalue weighted by molar-refractivity contribution is 0.280. The van der Waals surface area contributed by atoms with Gasteiger partial charge in [-0.1, -0.05) is 6.92 Å². The highest BCUT2D eigenvalue weighted by molar-refractivity contribution is 5.08. The van der Waals surface area contributed by atoms with Crippen molar-refractivity contribution in [2.75, 3.05) is 19.6 Å². The highest BCUT2D eigenvalue weighted by Crippen LogP contribution is 2.05. The Morgan fingerprint density at radius 2 is 2.29 bits per heavy atom. The lowest BCUT2D eigenvalue weighted by Gasteiger charge is -2.18. The summed E-state index contributed by atoms with van der Waals surface area (Å²) >= 11 is 0. The normalized spacial score (nSPS) is 11.2. The third-order valence-electron chi connectivity index (χ3n) is 2.38. The largest absolute Gasteiger partial charge is 0.329 e. The minimum atomic E-state index is 0.713. The lowest BCUT2D eigenvalue weighted by Crippen LogP contribution is -2.29. The van der Waals surface area contributed by atoms with Crippen LogP contribution in [0.1, 0.15) is 18.3 Å². The van der Waals surface area contributed by atoms with E-state index in [9.17, 15) is 0 Å². The number of hydrogen-bond donors (Lipinski definition) is 1. The summed E-state index contributed by atoms with van der Waals surface area (Å²) in [6.07, 6.45) is 0. The van der Waals surface area contributed by atoms with Crippen LogP contribution < -0.4 is 5.73 Å². The highest BCUT2D eigenvalue weighted by atomic mass is 15.3. The van der Waals surface area contributed by atoms with Gasteiger partial charge in [0.1, 0.15) is 0 Å². The monoisotopic (exact) mass is 196 g/mol. The summed E-state index contributed by atoms with van der Waals surface area (Å²) in [5.74, 6) is 0. The number of aryl methyl sites for hydroxylation is 2. The maximum Gasteiger partial charge on any atom is 0.0597 e. The highest BCUT2D eigenvalue weighted by Gasteiger charge is 2.06. The topological polar surface area (TPSA) is 47.1 Å². The minimum absolute atomic E-state index is 0.713. The van der Waals surface area contributed by atoms with Crippen molar-refractivity contribution in [2.45, 2.75) is 20.4 Å². The molecule has 14 heavy (non-hydrogen) atoms. The fraction of sp³-hybridized carbons (Fsp3) is 0.700. The van der Waals surface area contributed by atoms with Gasteiger partial charge in [-0.15, -0.1) is 0 Å². The molecule has 0 amide bonds. The first-order valence-corrected chi connectivity index (χ1v) is 5.09. The van der Waals surface area contributed by atoms with E-state index in [1.807, 2.05) is 18.7 Å². The Morgan fingerprint density at radius 1 is 1.57 bits per heavy atom. The van der Waals surface area contributed by atoms with Crippen LogP contribution in [0.5, 0.6) is 0 Å². The molecule has 80 valence electrons. The van der Waals surface area contributed by atoms with Gasteiger partial charge < -0.3 is 5.73 Å². The van der Waals surface area contributed by atoms with Crippen molar-refractivity contribution in [3.05, 3.63) is 17.5 Å². The first-order chi connectivity index (χ1) is 6.67. The maximum atomic E-state index is 5.54. The molecule has 0 aliphatic rings. The van der Waals surface area contributed by atoms with Crippen LogP contribution in [-0.4, -0.2) is 34.3 Å². The Morgan fingerprint density at radius 3 is 2.71 bits per heavy atom. The fourth-order valence-electron chi connectivity index (χ4n) is 1.57. The van der Waals surface area contributed by atoms with Crippen molar-refractivity contribution in [2.24, 2.45) is 12.8 Å². The Balaban J connectivity index is 2.61. The molecule has 1 rings (SSSR count). The number of nitrogens with zero attached hydrogens (tertiary/aromatic N) is 3. The molecule has 0 aliphatic heterocycles. The van der Waals surface area contributed by atoms with Crippen molar-refractivity contribution in [3.8, 4) is 0 Å². The molecule has 0 radical (unpaired) electrons. The summed E-state index contributed by atoms with van der Waals surface area (Å²) < 4.78 is 1.94. The fourth-order valence-corrected chi connectivity index (χ4v) is 1.57. The van der Waals surface area contributed by atoms with Gasteiger partial charge in [-0.2, -0.15) is 5.10 Å². The van der Waals surface area contributed by atoms with Gasteiger partial charge in [-0.3, -0.25) is 9.58 Å². The molecule has 1 aromatic rings. The van der Waals surface area contributed by atoms with E-state index in [4.69, 9.17) is 5.73 Å². The second-order valence-electron chi connectivity index (χ2n) is 3.56. The predicted molar refractivity (Wildman–Crippen MR) is 58.0 cm³/mol. The van der Waals surface area contributed by atoms with E-state index >= 15 is 0 Å². The molecule has 4 heteroatoms. The third kappa shape index (κ3) is 2.82. The van der Waals surface area contributed by atoms with E-state index in [-0.39, 0.29) is 0 Å². The van der Waals surface area contributed by atoms with Crippen LogP contribution >= 0.6 is 0 Å². The summed E-state index contributed by atoms with van der Waals surface area (Å²) in [6.45, 7) is 7.79. The Labute approximate surface area is 85.7 Å². The lowest BCUT2D eigenvalue weighted by atomic mass is 10.3. The van der Waals surface area contributed by atoms with Crippen LogP contribution in [0.4, 0.5) is 0 Å². The zero-order valence-corrected chi connectivity index (χ0v) is 9.32. The first kappa shape index (κ1) is 11.2. The molecule has 0 spiro atoms. The molecule has 4 nitrogen and oxygen atoms in total. The minimum Gasteiger partial charge on any atom is -0.329 e. The number of rotatable bonds is 5. The van der Waals surface area contributed by atoms with Crippen LogP contribution in [0.3, 0.4) is 0 Å². The molecule has 0 aliphatic carbocycles. The molecule has 0 unspecified atom stereocenters. The van der Waals surface area contributed by atoms with Crippen LogP contribution in [0.2, 0.25) is 0 Å². The van der Waals surface area contributed by atoms with Crippen LogP contribution in [-0.2, 0) is 13.6 Å². The Hall–Kier alpha value is -0.870. The van der Waals surface area contributed by atoms with Crippen molar-refractivity contribution in [3.63, 3.8) is 0 Å². The summed E-state index contributed by atoms with van der Waals surface area (Å²) in [7, 11) is 1.98. The second kappa shape index (κ2) is 5.12. The average Bonchev–Trinajstić information content (AvgIpc) is 2.44. The molecular formula is C10H20N4. The van der Waals surface area contributed by atoms with E-state index in [0.29, 0.717) is 6.54 Å². The number of nitrogens with two attached hydrogens (primary N) is 1. The van der Waals surface area contributed by atoms with Crippen molar-refractivity contribution >= 4 is 0 Å². The second-order valence-corrected chi connectivity index (χ2v) is 3.56. The molecular weight excluding hydrogens is 176 g/mol. The molecule has 2 N–H and O–H groups in total. The van der Waals surface area contributed by atoms with Crippen LogP contribution in [0, 0.1) is 6.92 Å². The zero-order chi connectivity index (χ0) is 10.6. The summed E-state index contributed by atoms with van der Waals surface area (Å²) in [5.41, 5.74) is 7.86. The van der Waals surface area contributed by atoms with E-state index in [2.05, 4.69) is 23.0 Å². The van der Waals surface area contributed by atoms with Gasteiger partial charge in [0.05, 0.1) is 11.4 Å². The quantitative estimate of drug-likeness (QED) is 0.746.